The molecule has 0 aromatic heterocycles. The zero-order chi connectivity index (χ0) is 38.1. The highest BCUT2D eigenvalue weighted by Gasteiger charge is 2.44. The number of carbonyl (C=O) groups is 1. The second kappa shape index (κ2) is 34.4. The fourth-order valence-electron chi connectivity index (χ4n) is 7.04. The summed E-state index contributed by atoms with van der Waals surface area (Å²) >= 11 is 0. The van der Waals surface area contributed by atoms with E-state index in [4.69, 9.17) is 9.47 Å². The highest BCUT2D eigenvalue weighted by Crippen LogP contribution is 2.22. The maximum atomic E-state index is 12.9. The summed E-state index contributed by atoms with van der Waals surface area (Å²) in [5.74, 6) is -0.177. The van der Waals surface area contributed by atoms with Crippen LogP contribution in [0.5, 0.6) is 0 Å². The molecule has 7 atom stereocenters. The van der Waals surface area contributed by atoms with Crippen molar-refractivity contribution in [1.29, 1.82) is 0 Å². The van der Waals surface area contributed by atoms with Crippen LogP contribution in [-0.2, 0) is 14.3 Å². The Morgan fingerprint density at radius 1 is 0.635 bits per heavy atom. The first kappa shape index (κ1) is 48.9. The molecule has 9 nitrogen and oxygen atoms in total. The van der Waals surface area contributed by atoms with Gasteiger partial charge in [-0.1, -0.05) is 187 Å². The molecule has 52 heavy (non-hydrogen) atoms. The number of allylic oxidation sites excluding steroid dienone is 1. The van der Waals surface area contributed by atoms with Gasteiger partial charge in [-0.05, 0) is 19.3 Å². The SMILES string of the molecule is CCCCCCCCC/C=C/[C@@H](O)[C@H](CO[C@@H]1O[C@H](CO)[C@@H](O)C(O)C1O)NC(=O)CCCCCCCCCCCCCCCCCCCCCC. The second-order valence-corrected chi connectivity index (χ2v) is 15.5. The van der Waals surface area contributed by atoms with E-state index >= 15 is 0 Å². The van der Waals surface area contributed by atoms with Crippen molar-refractivity contribution in [2.45, 2.75) is 243 Å². The fourth-order valence-corrected chi connectivity index (χ4v) is 7.04. The Labute approximate surface area is 318 Å². The molecule has 0 bridgehead atoms. The summed E-state index contributed by atoms with van der Waals surface area (Å²) in [6, 6.07) is -0.796. The summed E-state index contributed by atoms with van der Waals surface area (Å²) in [4.78, 5) is 12.9. The third-order valence-corrected chi connectivity index (χ3v) is 10.6. The number of ether oxygens (including phenoxy) is 2. The summed E-state index contributed by atoms with van der Waals surface area (Å²) in [6.07, 6.45) is 31.2. The monoisotopic (exact) mass is 742 g/mol. The molecule has 1 amide bonds. The topological polar surface area (TPSA) is 149 Å². The molecule has 0 spiro atoms. The molecular formula is C43H83NO8. The van der Waals surface area contributed by atoms with Crippen molar-refractivity contribution in [3.63, 3.8) is 0 Å². The standard InChI is InChI=1S/C43H83NO8/c1-3-5-7-9-11-13-14-15-16-17-18-19-20-21-22-23-25-27-29-31-33-39(47)44-36(37(46)32-30-28-26-24-12-10-8-6-4-2)35-51-43-42(50)41(49)40(48)38(34-45)52-43/h30,32,36-38,40-43,45-46,48-50H,3-29,31,33-35H2,1-2H3,(H,44,47)/b32-30+/t36-,37+,38+,40+,41?,42?,43+/m0/s1. The molecule has 0 radical (unpaired) electrons. The third kappa shape index (κ3) is 25.1. The van der Waals surface area contributed by atoms with Gasteiger partial charge in [-0.15, -0.1) is 0 Å². The summed E-state index contributed by atoms with van der Waals surface area (Å²) < 4.78 is 11.2. The Hall–Kier alpha value is -1.07. The number of carbonyl (C=O) groups excluding carboxylic acids is 1. The lowest BCUT2D eigenvalue weighted by atomic mass is 9.99. The van der Waals surface area contributed by atoms with Crippen molar-refractivity contribution < 1.29 is 39.8 Å². The maximum absolute atomic E-state index is 12.9. The lowest BCUT2D eigenvalue weighted by Gasteiger charge is -2.40. The number of aliphatic hydroxyl groups excluding tert-OH is 5. The Morgan fingerprint density at radius 2 is 1.06 bits per heavy atom. The smallest absolute Gasteiger partial charge is 0.220 e. The van der Waals surface area contributed by atoms with Crippen LogP contribution >= 0.6 is 0 Å². The van der Waals surface area contributed by atoms with Crippen molar-refractivity contribution in [2.75, 3.05) is 13.2 Å². The van der Waals surface area contributed by atoms with Crippen LogP contribution in [-0.4, -0.2) is 87.5 Å². The second-order valence-electron chi connectivity index (χ2n) is 15.5. The van der Waals surface area contributed by atoms with Gasteiger partial charge in [-0.3, -0.25) is 4.79 Å². The largest absolute Gasteiger partial charge is 0.394 e. The number of unbranched alkanes of at least 4 members (excludes halogenated alkanes) is 26. The molecule has 1 saturated heterocycles. The van der Waals surface area contributed by atoms with E-state index in [1.807, 2.05) is 6.08 Å². The van der Waals surface area contributed by atoms with Gasteiger partial charge in [-0.2, -0.15) is 0 Å². The van der Waals surface area contributed by atoms with Gasteiger partial charge in [0.1, 0.15) is 24.4 Å². The molecule has 0 aliphatic carbocycles. The zero-order valence-corrected chi connectivity index (χ0v) is 33.6. The van der Waals surface area contributed by atoms with Crippen LogP contribution in [0.3, 0.4) is 0 Å². The maximum Gasteiger partial charge on any atom is 0.220 e. The Morgan fingerprint density at radius 3 is 1.50 bits per heavy atom. The lowest BCUT2D eigenvalue weighted by Crippen LogP contribution is -2.60. The zero-order valence-electron chi connectivity index (χ0n) is 33.6. The first-order chi connectivity index (χ1) is 25.3. The van der Waals surface area contributed by atoms with Crippen LogP contribution < -0.4 is 5.32 Å². The highest BCUT2D eigenvalue weighted by molar-refractivity contribution is 5.76. The molecule has 1 heterocycles. The van der Waals surface area contributed by atoms with Gasteiger partial charge in [-0.25, -0.2) is 0 Å². The van der Waals surface area contributed by atoms with Crippen LogP contribution in [0.2, 0.25) is 0 Å². The molecule has 308 valence electrons. The molecule has 1 fully saturated rings. The molecule has 1 aliphatic rings. The van der Waals surface area contributed by atoms with E-state index in [0.717, 1.165) is 38.5 Å². The van der Waals surface area contributed by atoms with Gasteiger partial charge in [0.05, 0.1) is 25.4 Å². The number of hydrogen-bond acceptors (Lipinski definition) is 8. The molecule has 0 aromatic carbocycles. The summed E-state index contributed by atoms with van der Waals surface area (Å²) in [7, 11) is 0. The average Bonchev–Trinajstić information content (AvgIpc) is 3.14. The predicted octanol–water partition coefficient (Wildman–Crippen LogP) is 8.56. The molecule has 1 aliphatic heterocycles. The van der Waals surface area contributed by atoms with Crippen molar-refractivity contribution in [1.82, 2.24) is 5.32 Å². The number of hydrogen-bond donors (Lipinski definition) is 6. The van der Waals surface area contributed by atoms with Gasteiger partial charge < -0.3 is 40.3 Å². The molecule has 6 N–H and O–H groups in total. The lowest BCUT2D eigenvalue weighted by molar-refractivity contribution is -0.302. The minimum atomic E-state index is -1.56. The predicted molar refractivity (Wildman–Crippen MR) is 212 cm³/mol. The van der Waals surface area contributed by atoms with E-state index in [-0.39, 0.29) is 12.5 Å². The summed E-state index contributed by atoms with van der Waals surface area (Å²) in [5, 5.41) is 53.9. The highest BCUT2D eigenvalue weighted by atomic mass is 16.7. The Kier molecular flexibility index (Phi) is 32.4. The van der Waals surface area contributed by atoms with Gasteiger partial charge in [0, 0.05) is 6.42 Å². The van der Waals surface area contributed by atoms with E-state index in [2.05, 4.69) is 19.2 Å². The van der Waals surface area contributed by atoms with E-state index in [9.17, 15) is 30.3 Å². The first-order valence-electron chi connectivity index (χ1n) is 21.9. The Bertz CT molecular complexity index is 827. The van der Waals surface area contributed by atoms with E-state index in [1.165, 1.54) is 141 Å². The number of nitrogens with one attached hydrogen (secondary N) is 1. The fraction of sp³-hybridized carbons (Fsp3) is 0.930. The minimum Gasteiger partial charge on any atom is -0.394 e. The number of amides is 1. The first-order valence-corrected chi connectivity index (χ1v) is 21.9. The van der Waals surface area contributed by atoms with Gasteiger partial charge in [0.2, 0.25) is 5.91 Å². The number of rotatable bonds is 36. The minimum absolute atomic E-state index is 0.177. The summed E-state index contributed by atoms with van der Waals surface area (Å²) in [6.45, 7) is 3.74. The van der Waals surface area contributed by atoms with Crippen LogP contribution in [0.1, 0.15) is 200 Å². The van der Waals surface area contributed by atoms with Gasteiger partial charge >= 0.3 is 0 Å². The molecule has 0 aromatic rings. The van der Waals surface area contributed by atoms with E-state index in [0.29, 0.717) is 6.42 Å². The van der Waals surface area contributed by atoms with Crippen molar-refractivity contribution >= 4 is 5.91 Å². The molecule has 9 heteroatoms. The van der Waals surface area contributed by atoms with Crippen molar-refractivity contribution in [3.05, 3.63) is 12.2 Å². The van der Waals surface area contributed by atoms with E-state index < -0.39 is 49.5 Å². The molecule has 0 saturated carbocycles. The van der Waals surface area contributed by atoms with Crippen LogP contribution in [0.15, 0.2) is 12.2 Å². The van der Waals surface area contributed by atoms with Gasteiger partial charge in [0.25, 0.3) is 0 Å². The van der Waals surface area contributed by atoms with Crippen LogP contribution in [0.4, 0.5) is 0 Å². The molecule has 1 rings (SSSR count). The Balaban J connectivity index is 2.28. The van der Waals surface area contributed by atoms with Crippen LogP contribution in [0, 0.1) is 0 Å². The average molecular weight is 742 g/mol. The van der Waals surface area contributed by atoms with Crippen LogP contribution in [0.25, 0.3) is 0 Å². The number of aliphatic hydroxyl groups is 5. The van der Waals surface area contributed by atoms with Crippen molar-refractivity contribution in [3.8, 4) is 0 Å². The third-order valence-electron chi connectivity index (χ3n) is 10.6. The quantitative estimate of drug-likeness (QED) is 0.0277. The molecule has 2 unspecified atom stereocenters. The molecular weight excluding hydrogens is 658 g/mol. The van der Waals surface area contributed by atoms with Crippen molar-refractivity contribution in [2.24, 2.45) is 0 Å². The normalized spacial score (nSPS) is 21.9. The van der Waals surface area contributed by atoms with Gasteiger partial charge in [0.15, 0.2) is 6.29 Å². The van der Waals surface area contributed by atoms with E-state index in [1.54, 1.807) is 6.08 Å². The summed E-state index contributed by atoms with van der Waals surface area (Å²) in [5.41, 5.74) is 0.